The first-order valence-electron chi connectivity index (χ1n) is 7.86. The highest BCUT2D eigenvalue weighted by Gasteiger charge is 2.12. The van der Waals surface area contributed by atoms with Crippen LogP contribution >= 0.6 is 11.6 Å². The molecule has 3 aromatic rings. The fourth-order valence-electron chi connectivity index (χ4n) is 2.45. The van der Waals surface area contributed by atoms with Gasteiger partial charge in [0.15, 0.2) is 0 Å². The van der Waals surface area contributed by atoms with Gasteiger partial charge < -0.3 is 10.6 Å². The van der Waals surface area contributed by atoms with Gasteiger partial charge in [-0.3, -0.25) is 4.79 Å². The Morgan fingerprint density at radius 2 is 1.81 bits per heavy atom. The molecule has 0 aliphatic rings. The average molecular weight is 371 g/mol. The van der Waals surface area contributed by atoms with E-state index in [4.69, 9.17) is 11.6 Å². The van der Waals surface area contributed by atoms with Crippen molar-refractivity contribution in [3.63, 3.8) is 0 Å². The second-order valence-electron chi connectivity index (χ2n) is 5.79. The summed E-state index contributed by atoms with van der Waals surface area (Å²) in [5, 5.41) is 6.00. The fraction of sp³-hybridized carbons (Fsp3) is 0.105. The zero-order valence-electron chi connectivity index (χ0n) is 14.2. The molecule has 1 amide bonds. The van der Waals surface area contributed by atoms with Crippen LogP contribution in [0, 0.1) is 19.7 Å². The Bertz CT molecular complexity index is 937. The summed E-state index contributed by atoms with van der Waals surface area (Å²) in [6.07, 6.45) is 2.73. The standard InChI is InChI=1S/C19H16ClFN4O/c1-11-7-12(2)17(14(20)8-11)25-18(26)13-9-22-19(23-10-13)24-16-6-4-3-5-15(16)21/h3-10H,1-2H3,(H,25,26)(H,22,23,24). The van der Waals surface area contributed by atoms with Crippen molar-refractivity contribution in [3.8, 4) is 0 Å². The Kier molecular flexibility index (Phi) is 5.14. The van der Waals surface area contributed by atoms with E-state index in [9.17, 15) is 9.18 Å². The lowest BCUT2D eigenvalue weighted by Crippen LogP contribution is -2.14. The maximum atomic E-state index is 13.6. The Morgan fingerprint density at radius 1 is 1.12 bits per heavy atom. The summed E-state index contributed by atoms with van der Waals surface area (Å²) in [4.78, 5) is 20.5. The van der Waals surface area contributed by atoms with E-state index in [1.807, 2.05) is 19.9 Å². The third-order valence-electron chi connectivity index (χ3n) is 3.70. The molecule has 0 spiro atoms. The molecule has 1 aromatic heterocycles. The van der Waals surface area contributed by atoms with Crippen molar-refractivity contribution in [2.75, 3.05) is 10.6 Å². The number of aromatic nitrogens is 2. The van der Waals surface area contributed by atoms with Crippen molar-refractivity contribution in [3.05, 3.63) is 76.3 Å². The molecule has 0 saturated carbocycles. The van der Waals surface area contributed by atoms with Gasteiger partial charge in [0, 0.05) is 12.4 Å². The maximum absolute atomic E-state index is 13.6. The molecule has 2 aromatic carbocycles. The van der Waals surface area contributed by atoms with E-state index in [-0.39, 0.29) is 23.1 Å². The minimum atomic E-state index is -0.414. The molecule has 0 aliphatic heterocycles. The number of nitrogens with one attached hydrogen (secondary N) is 2. The van der Waals surface area contributed by atoms with Crippen molar-refractivity contribution < 1.29 is 9.18 Å². The number of carbonyl (C=O) groups is 1. The molecule has 0 atom stereocenters. The van der Waals surface area contributed by atoms with Crippen LogP contribution in [-0.4, -0.2) is 15.9 Å². The Labute approximate surface area is 155 Å². The lowest BCUT2D eigenvalue weighted by atomic mass is 10.1. The lowest BCUT2D eigenvalue weighted by molar-refractivity contribution is 0.102. The van der Waals surface area contributed by atoms with E-state index in [1.54, 1.807) is 24.3 Å². The number of hydrogen-bond acceptors (Lipinski definition) is 4. The molecule has 5 nitrogen and oxygen atoms in total. The van der Waals surface area contributed by atoms with E-state index in [2.05, 4.69) is 20.6 Å². The molecule has 0 saturated heterocycles. The summed E-state index contributed by atoms with van der Waals surface area (Å²) in [6, 6.07) is 9.90. The van der Waals surface area contributed by atoms with Crippen LogP contribution in [0.2, 0.25) is 5.02 Å². The number of amides is 1. The SMILES string of the molecule is Cc1cc(C)c(NC(=O)c2cnc(Nc3ccccc3F)nc2)c(Cl)c1. The Morgan fingerprint density at radius 3 is 2.46 bits per heavy atom. The number of halogens is 2. The lowest BCUT2D eigenvalue weighted by Gasteiger charge is -2.11. The fourth-order valence-corrected chi connectivity index (χ4v) is 2.82. The highest BCUT2D eigenvalue weighted by Crippen LogP contribution is 2.27. The zero-order valence-corrected chi connectivity index (χ0v) is 14.9. The van der Waals surface area contributed by atoms with E-state index in [0.717, 1.165) is 11.1 Å². The molecule has 132 valence electrons. The number of aryl methyl sites for hydroxylation is 2. The molecule has 0 aliphatic carbocycles. The van der Waals surface area contributed by atoms with Crippen LogP contribution in [0.15, 0.2) is 48.8 Å². The minimum absolute atomic E-state index is 0.191. The summed E-state index contributed by atoms with van der Waals surface area (Å²) in [6.45, 7) is 3.80. The first-order valence-corrected chi connectivity index (χ1v) is 8.23. The molecule has 0 fully saturated rings. The van der Waals surface area contributed by atoms with E-state index < -0.39 is 5.82 Å². The van der Waals surface area contributed by atoms with Gasteiger partial charge in [0.2, 0.25) is 5.95 Å². The van der Waals surface area contributed by atoms with Gasteiger partial charge >= 0.3 is 0 Å². The minimum Gasteiger partial charge on any atom is -0.322 e. The first-order chi connectivity index (χ1) is 12.4. The second-order valence-corrected chi connectivity index (χ2v) is 6.20. The first kappa shape index (κ1) is 17.8. The van der Waals surface area contributed by atoms with Crippen molar-refractivity contribution in [1.29, 1.82) is 0 Å². The van der Waals surface area contributed by atoms with Crippen LogP contribution < -0.4 is 10.6 Å². The predicted octanol–water partition coefficient (Wildman–Crippen LogP) is 4.88. The van der Waals surface area contributed by atoms with E-state index in [0.29, 0.717) is 10.7 Å². The highest BCUT2D eigenvalue weighted by molar-refractivity contribution is 6.34. The van der Waals surface area contributed by atoms with E-state index in [1.165, 1.54) is 18.5 Å². The summed E-state index contributed by atoms with van der Waals surface area (Å²) < 4.78 is 13.6. The second kappa shape index (κ2) is 7.49. The quantitative estimate of drug-likeness (QED) is 0.686. The van der Waals surface area contributed by atoms with Gasteiger partial charge in [-0.1, -0.05) is 29.8 Å². The van der Waals surface area contributed by atoms with Crippen LogP contribution in [-0.2, 0) is 0 Å². The number of rotatable bonds is 4. The van der Waals surface area contributed by atoms with Crippen LogP contribution in [0.4, 0.5) is 21.7 Å². The molecule has 0 radical (unpaired) electrons. The van der Waals surface area contributed by atoms with Crippen molar-refractivity contribution in [2.24, 2.45) is 0 Å². The van der Waals surface area contributed by atoms with E-state index >= 15 is 0 Å². The molecule has 0 unspecified atom stereocenters. The number of nitrogens with zero attached hydrogens (tertiary/aromatic N) is 2. The van der Waals surface area contributed by atoms with Crippen LogP contribution in [0.3, 0.4) is 0 Å². The van der Waals surface area contributed by atoms with Crippen molar-refractivity contribution >= 4 is 34.8 Å². The summed E-state index contributed by atoms with van der Waals surface area (Å²) in [5.41, 5.74) is 2.95. The topological polar surface area (TPSA) is 66.9 Å². The summed E-state index contributed by atoms with van der Waals surface area (Å²) >= 11 is 6.21. The molecule has 0 bridgehead atoms. The average Bonchev–Trinajstić information content (AvgIpc) is 2.60. The van der Waals surface area contributed by atoms with Gasteiger partial charge in [0.1, 0.15) is 5.82 Å². The Hall–Kier alpha value is -2.99. The number of anilines is 3. The number of para-hydroxylation sites is 1. The third-order valence-corrected chi connectivity index (χ3v) is 4.00. The Balaban J connectivity index is 1.74. The molecule has 26 heavy (non-hydrogen) atoms. The maximum Gasteiger partial charge on any atom is 0.258 e. The molecule has 3 rings (SSSR count). The molecular formula is C19H16ClFN4O. The molecular weight excluding hydrogens is 355 g/mol. The predicted molar refractivity (Wildman–Crippen MR) is 101 cm³/mol. The van der Waals surface area contributed by atoms with Crippen LogP contribution in [0.25, 0.3) is 0 Å². The third kappa shape index (κ3) is 3.97. The normalized spacial score (nSPS) is 10.5. The zero-order chi connectivity index (χ0) is 18.7. The number of carbonyl (C=O) groups excluding carboxylic acids is 1. The molecule has 2 N–H and O–H groups in total. The van der Waals surface area contributed by atoms with Crippen molar-refractivity contribution in [1.82, 2.24) is 9.97 Å². The summed E-state index contributed by atoms with van der Waals surface area (Å²) in [5.74, 6) is -0.602. The molecule has 7 heteroatoms. The van der Waals surface area contributed by atoms with Gasteiger partial charge in [0.25, 0.3) is 5.91 Å². The highest BCUT2D eigenvalue weighted by atomic mass is 35.5. The smallest absolute Gasteiger partial charge is 0.258 e. The van der Waals surface area contributed by atoms with Gasteiger partial charge in [0.05, 0.1) is 22.0 Å². The monoisotopic (exact) mass is 370 g/mol. The van der Waals surface area contributed by atoms with Gasteiger partial charge in [-0.15, -0.1) is 0 Å². The van der Waals surface area contributed by atoms with Gasteiger partial charge in [-0.25, -0.2) is 14.4 Å². The molecule has 1 heterocycles. The van der Waals surface area contributed by atoms with Crippen LogP contribution in [0.1, 0.15) is 21.5 Å². The summed E-state index contributed by atoms with van der Waals surface area (Å²) in [7, 11) is 0. The van der Waals surface area contributed by atoms with Crippen LogP contribution in [0.5, 0.6) is 0 Å². The largest absolute Gasteiger partial charge is 0.322 e. The van der Waals surface area contributed by atoms with Crippen molar-refractivity contribution in [2.45, 2.75) is 13.8 Å². The van der Waals surface area contributed by atoms with Gasteiger partial charge in [-0.05, 0) is 43.2 Å². The number of benzene rings is 2. The van der Waals surface area contributed by atoms with Gasteiger partial charge in [-0.2, -0.15) is 0 Å². The number of hydrogen-bond donors (Lipinski definition) is 2.